The number of hydrogen-bond acceptors (Lipinski definition) is 5. The molecule has 3 rings (SSSR count). The van der Waals surface area contributed by atoms with Crippen LogP contribution in [-0.2, 0) is 0 Å². The summed E-state index contributed by atoms with van der Waals surface area (Å²) in [6.07, 6.45) is 5.00. The first-order valence-electron chi connectivity index (χ1n) is 5.79. The van der Waals surface area contributed by atoms with Gasteiger partial charge in [0.2, 0.25) is 0 Å². The number of hydrogen-bond donors (Lipinski definition) is 1. The molecule has 0 spiro atoms. The topological polar surface area (TPSA) is 71.3 Å². The Kier molecular flexibility index (Phi) is 3.20. The van der Waals surface area contributed by atoms with E-state index in [-0.39, 0.29) is 11.9 Å². The Morgan fingerprint density at radius 3 is 2.89 bits per heavy atom. The first-order chi connectivity index (χ1) is 9.22. The highest BCUT2D eigenvalue weighted by molar-refractivity contribution is 9.10. The summed E-state index contributed by atoms with van der Waals surface area (Å²) < 4.78 is 5.74. The van der Waals surface area contributed by atoms with Gasteiger partial charge in [-0.3, -0.25) is 9.78 Å². The minimum Gasteiger partial charge on any atom is -0.444 e. The van der Waals surface area contributed by atoms with E-state index in [9.17, 15) is 4.79 Å². The average molecular weight is 323 g/mol. The van der Waals surface area contributed by atoms with E-state index >= 15 is 0 Å². The summed E-state index contributed by atoms with van der Waals surface area (Å²) in [5, 5.41) is 2.90. The molecule has 1 amide bonds. The molecule has 0 radical (unpaired) electrons. The lowest BCUT2D eigenvalue weighted by Gasteiger charge is -2.39. The zero-order valence-corrected chi connectivity index (χ0v) is 11.5. The average Bonchev–Trinajstić information content (AvgIpc) is 2.81. The molecule has 2 aromatic rings. The molecule has 1 saturated heterocycles. The van der Waals surface area contributed by atoms with Crippen LogP contribution in [0, 0.1) is 0 Å². The number of carbonyl (C=O) groups excluding carboxylic acids is 1. The second-order valence-corrected chi connectivity index (χ2v) is 5.02. The molecular weight excluding hydrogens is 312 g/mol. The zero-order chi connectivity index (χ0) is 13.2. The van der Waals surface area contributed by atoms with Crippen molar-refractivity contribution in [1.82, 2.24) is 15.3 Å². The van der Waals surface area contributed by atoms with Crippen LogP contribution in [0.1, 0.15) is 10.6 Å². The van der Waals surface area contributed by atoms with Gasteiger partial charge in [0.05, 0.1) is 12.2 Å². The van der Waals surface area contributed by atoms with Crippen LogP contribution in [0.15, 0.2) is 39.8 Å². The number of anilines is 1. The van der Waals surface area contributed by atoms with Crippen LogP contribution < -0.4 is 10.2 Å². The second-order valence-electron chi connectivity index (χ2n) is 4.24. The summed E-state index contributed by atoms with van der Waals surface area (Å²) in [5.41, 5.74) is 0. The highest BCUT2D eigenvalue weighted by atomic mass is 79.9. The van der Waals surface area contributed by atoms with Crippen LogP contribution in [0.3, 0.4) is 0 Å². The van der Waals surface area contributed by atoms with E-state index in [1.165, 1.54) is 0 Å². The standard InChI is InChI=1S/C12H11BrN4O2/c13-10-2-1-9(19-10)12(18)16-8-6-17(7-8)11-5-14-3-4-15-11/h1-5,8H,6-7H2,(H,16,18). The zero-order valence-electron chi connectivity index (χ0n) is 9.91. The van der Waals surface area contributed by atoms with E-state index in [1.54, 1.807) is 30.7 Å². The van der Waals surface area contributed by atoms with E-state index < -0.39 is 0 Å². The normalized spacial score (nSPS) is 15.1. The lowest BCUT2D eigenvalue weighted by molar-refractivity contribution is 0.0900. The molecule has 0 unspecified atom stereocenters. The molecule has 2 aromatic heterocycles. The lowest BCUT2D eigenvalue weighted by atomic mass is 10.1. The van der Waals surface area contributed by atoms with Gasteiger partial charge in [0.1, 0.15) is 5.82 Å². The predicted molar refractivity (Wildman–Crippen MR) is 71.9 cm³/mol. The number of halogens is 1. The molecule has 1 aliphatic rings. The van der Waals surface area contributed by atoms with E-state index in [0.29, 0.717) is 10.4 Å². The number of nitrogens with zero attached hydrogens (tertiary/aromatic N) is 3. The van der Waals surface area contributed by atoms with Crippen molar-refractivity contribution < 1.29 is 9.21 Å². The van der Waals surface area contributed by atoms with Gasteiger partial charge in [0, 0.05) is 25.5 Å². The SMILES string of the molecule is O=C(NC1CN(c2cnccn2)C1)c1ccc(Br)o1. The molecule has 3 heterocycles. The molecule has 0 atom stereocenters. The summed E-state index contributed by atoms with van der Waals surface area (Å²) in [5.74, 6) is 0.938. The third-order valence-electron chi connectivity index (χ3n) is 2.89. The van der Waals surface area contributed by atoms with Crippen LogP contribution in [0.2, 0.25) is 0 Å². The molecule has 1 aliphatic heterocycles. The Morgan fingerprint density at radius 2 is 2.26 bits per heavy atom. The van der Waals surface area contributed by atoms with E-state index in [4.69, 9.17) is 4.42 Å². The molecule has 0 bridgehead atoms. The van der Waals surface area contributed by atoms with Gasteiger partial charge in [-0.15, -0.1) is 0 Å². The Bertz CT molecular complexity index is 580. The smallest absolute Gasteiger partial charge is 0.287 e. The van der Waals surface area contributed by atoms with Crippen LogP contribution in [0.4, 0.5) is 5.82 Å². The van der Waals surface area contributed by atoms with Gasteiger partial charge in [0.25, 0.3) is 5.91 Å². The highest BCUT2D eigenvalue weighted by Gasteiger charge is 2.29. The molecule has 19 heavy (non-hydrogen) atoms. The summed E-state index contributed by atoms with van der Waals surface area (Å²) in [6.45, 7) is 1.46. The Hall–Kier alpha value is -1.89. The molecule has 0 saturated carbocycles. The summed E-state index contributed by atoms with van der Waals surface area (Å²) in [7, 11) is 0. The fourth-order valence-corrected chi connectivity index (χ4v) is 2.21. The van der Waals surface area contributed by atoms with Gasteiger partial charge < -0.3 is 14.6 Å². The largest absolute Gasteiger partial charge is 0.444 e. The first-order valence-corrected chi connectivity index (χ1v) is 6.59. The molecule has 0 aliphatic carbocycles. The Balaban J connectivity index is 1.53. The first kappa shape index (κ1) is 12.2. The quantitative estimate of drug-likeness (QED) is 0.926. The van der Waals surface area contributed by atoms with E-state index in [2.05, 4.69) is 36.1 Å². The summed E-state index contributed by atoms with van der Waals surface area (Å²) in [6, 6.07) is 3.44. The van der Waals surface area contributed by atoms with Crippen molar-refractivity contribution in [2.45, 2.75) is 6.04 Å². The summed E-state index contributed by atoms with van der Waals surface area (Å²) in [4.78, 5) is 22.1. The molecule has 1 fully saturated rings. The number of rotatable bonds is 3. The van der Waals surface area contributed by atoms with Gasteiger partial charge in [0.15, 0.2) is 10.4 Å². The molecule has 98 valence electrons. The molecule has 1 N–H and O–H groups in total. The maximum Gasteiger partial charge on any atom is 0.287 e. The van der Waals surface area contributed by atoms with Gasteiger partial charge in [-0.1, -0.05) is 0 Å². The van der Waals surface area contributed by atoms with Crippen LogP contribution in [-0.4, -0.2) is 35.0 Å². The van der Waals surface area contributed by atoms with Crippen molar-refractivity contribution in [2.75, 3.05) is 18.0 Å². The number of amides is 1. The number of carbonyl (C=O) groups is 1. The monoisotopic (exact) mass is 322 g/mol. The molecular formula is C12H11BrN4O2. The van der Waals surface area contributed by atoms with Crippen molar-refractivity contribution in [1.29, 1.82) is 0 Å². The van der Waals surface area contributed by atoms with Crippen molar-refractivity contribution >= 4 is 27.7 Å². The van der Waals surface area contributed by atoms with Crippen LogP contribution >= 0.6 is 15.9 Å². The van der Waals surface area contributed by atoms with E-state index in [1.807, 2.05) is 0 Å². The molecule has 7 heteroatoms. The fourth-order valence-electron chi connectivity index (χ4n) is 1.90. The third kappa shape index (κ3) is 2.60. The van der Waals surface area contributed by atoms with Gasteiger partial charge in [-0.05, 0) is 28.1 Å². The summed E-state index contributed by atoms with van der Waals surface area (Å²) >= 11 is 3.17. The van der Waals surface area contributed by atoms with Crippen molar-refractivity contribution in [3.63, 3.8) is 0 Å². The molecule has 6 nitrogen and oxygen atoms in total. The van der Waals surface area contributed by atoms with Gasteiger partial charge >= 0.3 is 0 Å². The third-order valence-corrected chi connectivity index (χ3v) is 3.31. The molecule has 0 aromatic carbocycles. The van der Waals surface area contributed by atoms with Crippen molar-refractivity contribution in [3.05, 3.63) is 41.2 Å². The van der Waals surface area contributed by atoms with Gasteiger partial charge in [-0.25, -0.2) is 4.98 Å². The maximum absolute atomic E-state index is 11.8. The minimum absolute atomic E-state index is 0.110. The Morgan fingerprint density at radius 1 is 1.42 bits per heavy atom. The highest BCUT2D eigenvalue weighted by Crippen LogP contribution is 2.18. The minimum atomic E-state index is -0.200. The van der Waals surface area contributed by atoms with Crippen LogP contribution in [0.5, 0.6) is 0 Å². The van der Waals surface area contributed by atoms with Crippen molar-refractivity contribution in [2.24, 2.45) is 0 Å². The lowest BCUT2D eigenvalue weighted by Crippen LogP contribution is -2.59. The second kappa shape index (κ2) is 5.00. The van der Waals surface area contributed by atoms with Crippen LogP contribution in [0.25, 0.3) is 0 Å². The Labute approximate surface area is 118 Å². The number of aromatic nitrogens is 2. The predicted octanol–water partition coefficient (Wildman–Crippen LogP) is 1.45. The van der Waals surface area contributed by atoms with E-state index in [0.717, 1.165) is 18.9 Å². The van der Waals surface area contributed by atoms with Gasteiger partial charge in [-0.2, -0.15) is 0 Å². The maximum atomic E-state index is 11.8. The van der Waals surface area contributed by atoms with Crippen molar-refractivity contribution in [3.8, 4) is 0 Å². The number of nitrogens with one attached hydrogen (secondary N) is 1. The number of furan rings is 1. The fraction of sp³-hybridized carbons (Fsp3) is 0.250.